The molecule has 0 spiro atoms. The number of halogens is 2. The molecule has 0 saturated heterocycles. The first-order chi connectivity index (χ1) is 3.89. The maximum atomic E-state index is 11.5. The number of carboxylic acid groups (broad SMARTS) is 1. The second-order valence-electron chi connectivity index (χ2n) is 1.06. The Kier molecular flexibility index (Phi) is 5.68. The third-order valence-corrected chi connectivity index (χ3v) is 1.05. The minimum Gasteiger partial charge on any atom is -0.767 e. The first-order valence-electron chi connectivity index (χ1n) is 1.59. The molecule has 8 heteroatoms. The molecule has 0 aromatic heterocycles. The van der Waals surface area contributed by atoms with Crippen molar-refractivity contribution in [3.05, 3.63) is 0 Å². The van der Waals surface area contributed by atoms with E-state index in [1.54, 1.807) is 0 Å². The Bertz CT molecular complexity index is 143. The predicted octanol–water partition coefficient (Wildman–Crippen LogP) is -3.45. The van der Waals surface area contributed by atoms with Gasteiger partial charge in [-0.15, -0.1) is 0 Å². The van der Waals surface area contributed by atoms with Crippen molar-refractivity contribution in [1.82, 2.24) is 0 Å². The summed E-state index contributed by atoms with van der Waals surface area (Å²) in [6, 6.07) is 0. The van der Waals surface area contributed by atoms with Crippen LogP contribution in [-0.4, -0.2) is 25.1 Å². The van der Waals surface area contributed by atoms with E-state index < -0.39 is 22.3 Å². The zero-order valence-electron chi connectivity index (χ0n) is 4.84. The van der Waals surface area contributed by atoms with Gasteiger partial charge < -0.3 is 9.66 Å². The summed E-state index contributed by atoms with van der Waals surface area (Å²) in [7, 11) is 0. The minimum atomic E-state index is -4.67. The van der Waals surface area contributed by atoms with Crippen molar-refractivity contribution in [2.45, 2.75) is 5.25 Å². The number of rotatable bonds is 2. The van der Waals surface area contributed by atoms with Crippen LogP contribution in [0.5, 0.6) is 0 Å². The van der Waals surface area contributed by atoms with E-state index in [9.17, 15) is 22.3 Å². The quantitative estimate of drug-likeness (QED) is 0.356. The van der Waals surface area contributed by atoms with Gasteiger partial charge in [0.2, 0.25) is 0 Å². The smallest absolute Gasteiger partial charge is 0.767 e. The Morgan fingerprint density at radius 3 is 1.90 bits per heavy atom. The number of hydrogen-bond donors (Lipinski definition) is 1. The van der Waals surface area contributed by atoms with E-state index in [4.69, 9.17) is 5.11 Å². The van der Waals surface area contributed by atoms with Gasteiger partial charge in [-0.2, -0.15) is 8.78 Å². The summed E-state index contributed by atoms with van der Waals surface area (Å²) >= 11 is -3.89. The molecule has 10 heavy (non-hydrogen) atoms. The van der Waals surface area contributed by atoms with Crippen LogP contribution in [0.1, 0.15) is 0 Å². The molecule has 1 unspecified atom stereocenters. The maximum Gasteiger partial charge on any atom is 1.00 e. The number of carboxylic acids is 1. The first kappa shape index (κ1) is 13.1. The van der Waals surface area contributed by atoms with Gasteiger partial charge in [0.1, 0.15) is 0 Å². The van der Waals surface area contributed by atoms with Gasteiger partial charge in [-0.3, -0.25) is 4.21 Å². The molecule has 4 nitrogen and oxygen atoms in total. The Hall–Kier alpha value is 0.440. The molecule has 0 amide bonds. The third kappa shape index (κ3) is 3.02. The summed E-state index contributed by atoms with van der Waals surface area (Å²) in [6.45, 7) is 0. The van der Waals surface area contributed by atoms with Crippen molar-refractivity contribution in [3.63, 3.8) is 0 Å². The van der Waals surface area contributed by atoms with Crippen LogP contribution in [0.2, 0.25) is 0 Å². The van der Waals surface area contributed by atoms with E-state index >= 15 is 0 Å². The van der Waals surface area contributed by atoms with Crippen LogP contribution in [0.4, 0.5) is 8.78 Å². The predicted molar refractivity (Wildman–Crippen MR) is 21.5 cm³/mol. The molecule has 0 radical (unpaired) electrons. The van der Waals surface area contributed by atoms with Gasteiger partial charge in [-0.1, -0.05) is 0 Å². The van der Waals surface area contributed by atoms with Crippen molar-refractivity contribution in [2.75, 3.05) is 0 Å². The van der Waals surface area contributed by atoms with Gasteiger partial charge in [0.15, 0.2) is 0 Å². The van der Waals surface area contributed by atoms with Gasteiger partial charge in [-0.25, -0.2) is 4.79 Å². The van der Waals surface area contributed by atoms with Crippen molar-refractivity contribution >= 4 is 17.0 Å². The normalized spacial score (nSPS) is 13.5. The van der Waals surface area contributed by atoms with Gasteiger partial charge in [-0.05, 0) is 0 Å². The number of hydrogen-bond acceptors (Lipinski definition) is 3. The summed E-state index contributed by atoms with van der Waals surface area (Å²) in [4.78, 5) is 9.32. The van der Waals surface area contributed by atoms with E-state index in [2.05, 4.69) is 0 Å². The van der Waals surface area contributed by atoms with Crippen LogP contribution in [0, 0.1) is 0 Å². The zero-order valence-corrected chi connectivity index (χ0v) is 7.65. The summed E-state index contributed by atoms with van der Waals surface area (Å²) < 4.78 is 41.6. The van der Waals surface area contributed by atoms with Gasteiger partial charge in [0.05, 0.1) is 0 Å². The fourth-order valence-corrected chi connectivity index (χ4v) is 0.214. The monoisotopic (exact) mass is 182 g/mol. The molecule has 0 bridgehead atoms. The van der Waals surface area contributed by atoms with E-state index in [0.29, 0.717) is 0 Å². The van der Waals surface area contributed by atoms with E-state index in [-0.39, 0.29) is 29.6 Å². The summed E-state index contributed by atoms with van der Waals surface area (Å²) in [5.41, 5.74) is 0. The Morgan fingerprint density at radius 1 is 1.60 bits per heavy atom. The molecular formula is C2HF2NaO4S. The van der Waals surface area contributed by atoms with Gasteiger partial charge >= 0.3 is 40.8 Å². The van der Waals surface area contributed by atoms with E-state index in [1.807, 2.05) is 0 Å². The fourth-order valence-electron chi connectivity index (χ4n) is 0.0713. The van der Waals surface area contributed by atoms with Crippen LogP contribution >= 0.6 is 0 Å². The van der Waals surface area contributed by atoms with Crippen molar-refractivity contribution in [2.24, 2.45) is 0 Å². The van der Waals surface area contributed by atoms with Crippen LogP contribution in [-0.2, 0) is 15.9 Å². The van der Waals surface area contributed by atoms with Crippen LogP contribution < -0.4 is 29.6 Å². The minimum absolute atomic E-state index is 0. The first-order valence-corrected chi connectivity index (χ1v) is 2.67. The van der Waals surface area contributed by atoms with Crippen molar-refractivity contribution in [1.29, 1.82) is 0 Å². The fraction of sp³-hybridized carbons (Fsp3) is 0.500. The van der Waals surface area contributed by atoms with Crippen LogP contribution in [0.3, 0.4) is 0 Å². The summed E-state index contributed by atoms with van der Waals surface area (Å²) in [5.74, 6) is -2.67. The molecule has 1 atom stereocenters. The van der Waals surface area contributed by atoms with Crippen molar-refractivity contribution < 1.29 is 57.0 Å². The number of alkyl halides is 2. The standard InChI is InChI=1S/C2H2F2O4S.Na/c3-2(4,1(5)6)9(7)8;/h(H,5,6)(H,7,8);/q;+1/p-1. The van der Waals surface area contributed by atoms with Gasteiger partial charge in [0.25, 0.3) is 0 Å². The topological polar surface area (TPSA) is 77.4 Å². The molecule has 0 aliphatic carbocycles. The SMILES string of the molecule is O=C(O)C(F)(F)S(=O)[O-].[Na+]. The van der Waals surface area contributed by atoms with E-state index in [0.717, 1.165) is 0 Å². The summed E-state index contributed by atoms with van der Waals surface area (Å²) in [5, 5.41) is 2.80. The average Bonchev–Trinajstić information content (AvgIpc) is 1.65. The van der Waals surface area contributed by atoms with E-state index in [1.165, 1.54) is 0 Å². The Balaban J connectivity index is 0. The molecule has 0 aliphatic heterocycles. The molecular weight excluding hydrogens is 181 g/mol. The van der Waals surface area contributed by atoms with Crippen LogP contribution in [0.25, 0.3) is 0 Å². The maximum absolute atomic E-state index is 11.5. The largest absolute Gasteiger partial charge is 1.00 e. The number of carbonyl (C=O) groups is 1. The molecule has 0 aromatic rings. The molecule has 0 aliphatic rings. The second kappa shape index (κ2) is 4.35. The van der Waals surface area contributed by atoms with Gasteiger partial charge in [0, 0.05) is 11.1 Å². The van der Waals surface area contributed by atoms with Crippen molar-refractivity contribution in [3.8, 4) is 0 Å². The third-order valence-electron chi connectivity index (χ3n) is 0.458. The molecule has 54 valence electrons. The molecule has 0 heterocycles. The Labute approximate surface area is 79.2 Å². The molecule has 0 fully saturated rings. The second-order valence-corrected chi connectivity index (χ2v) is 2.04. The molecule has 0 saturated carbocycles. The number of aliphatic carboxylic acids is 1. The molecule has 0 aromatic carbocycles. The Morgan fingerprint density at radius 2 is 1.90 bits per heavy atom. The summed E-state index contributed by atoms with van der Waals surface area (Å²) in [6.07, 6.45) is 0. The van der Waals surface area contributed by atoms with Crippen LogP contribution in [0.15, 0.2) is 0 Å². The zero-order chi connectivity index (χ0) is 7.65. The average molecular weight is 182 g/mol. The molecule has 1 N–H and O–H groups in total. The molecule has 0 rings (SSSR count).